The third-order valence-corrected chi connectivity index (χ3v) is 3.90. The molecule has 0 radical (unpaired) electrons. The maximum absolute atomic E-state index is 5.67. The molecule has 0 aliphatic rings. The maximum Gasteiger partial charge on any atom is 0.244 e. The van der Waals surface area contributed by atoms with E-state index in [2.05, 4.69) is 25.8 Å². The van der Waals surface area contributed by atoms with E-state index in [0.29, 0.717) is 31.5 Å². The Morgan fingerprint density at radius 3 is 2.14 bits per heavy atom. The minimum atomic E-state index is 0.455. The Balaban J connectivity index is 1.43. The van der Waals surface area contributed by atoms with Crippen LogP contribution < -0.4 is 24.8 Å². The molecule has 1 aromatic heterocycles. The van der Waals surface area contributed by atoms with Crippen molar-refractivity contribution in [3.05, 3.63) is 60.3 Å². The molecule has 0 saturated carbocycles. The summed E-state index contributed by atoms with van der Waals surface area (Å²) in [6, 6.07) is 15.2. The van der Waals surface area contributed by atoms with Gasteiger partial charge in [0.25, 0.3) is 0 Å². The van der Waals surface area contributed by atoms with Gasteiger partial charge in [0.05, 0.1) is 27.0 Å². The van der Waals surface area contributed by atoms with Crippen LogP contribution in [-0.4, -0.2) is 42.6 Å². The van der Waals surface area contributed by atoms with Gasteiger partial charge in [0, 0.05) is 6.54 Å². The number of benzene rings is 2. The zero-order valence-corrected chi connectivity index (χ0v) is 15.9. The van der Waals surface area contributed by atoms with Crippen molar-refractivity contribution in [1.82, 2.24) is 15.2 Å². The zero-order chi connectivity index (χ0) is 19.6. The molecule has 0 bridgehead atoms. The highest BCUT2D eigenvalue weighted by molar-refractivity contribution is 5.38. The first-order chi connectivity index (χ1) is 13.8. The molecule has 0 aliphatic heterocycles. The second-order valence-electron chi connectivity index (χ2n) is 5.82. The van der Waals surface area contributed by atoms with Crippen LogP contribution in [0, 0.1) is 0 Å². The quantitative estimate of drug-likeness (QED) is 0.518. The molecule has 0 amide bonds. The molecule has 146 valence electrons. The van der Waals surface area contributed by atoms with Crippen LogP contribution in [0.1, 0.15) is 5.56 Å². The van der Waals surface area contributed by atoms with Gasteiger partial charge in [-0.3, -0.25) is 0 Å². The van der Waals surface area contributed by atoms with E-state index < -0.39 is 0 Å². The molecule has 2 aromatic carbocycles. The van der Waals surface area contributed by atoms with Gasteiger partial charge in [0.15, 0.2) is 5.82 Å². The lowest BCUT2D eigenvalue weighted by molar-refractivity contribution is 0.331. The average Bonchev–Trinajstić information content (AvgIpc) is 2.76. The van der Waals surface area contributed by atoms with Crippen molar-refractivity contribution < 1.29 is 14.2 Å². The number of hydrogen-bond acceptors (Lipinski definition) is 8. The van der Waals surface area contributed by atoms with E-state index in [1.165, 1.54) is 0 Å². The summed E-state index contributed by atoms with van der Waals surface area (Å²) in [5.41, 5.74) is 1.09. The Kier molecular flexibility index (Phi) is 6.84. The van der Waals surface area contributed by atoms with E-state index in [1.54, 1.807) is 20.4 Å². The van der Waals surface area contributed by atoms with Crippen molar-refractivity contribution in [2.45, 2.75) is 6.54 Å². The highest BCUT2D eigenvalue weighted by Gasteiger charge is 2.02. The monoisotopic (exact) mass is 381 g/mol. The standard InChI is InChI=1S/C20H23N5O3/c1-26-16-5-3-15(4-6-16)13-22-20-24-19(14-23-25-20)21-11-12-28-18-9-7-17(27-2)8-10-18/h3-10,14H,11-13H2,1-2H3,(H2,21,22,24,25). The van der Waals surface area contributed by atoms with E-state index in [4.69, 9.17) is 14.2 Å². The van der Waals surface area contributed by atoms with Crippen LogP contribution in [-0.2, 0) is 6.54 Å². The normalized spacial score (nSPS) is 10.2. The van der Waals surface area contributed by atoms with Gasteiger partial charge < -0.3 is 24.8 Å². The van der Waals surface area contributed by atoms with E-state index in [-0.39, 0.29) is 0 Å². The second kappa shape index (κ2) is 9.96. The smallest absolute Gasteiger partial charge is 0.244 e. The molecule has 0 saturated heterocycles. The van der Waals surface area contributed by atoms with Gasteiger partial charge in [-0.25, -0.2) is 0 Å². The Labute approximate surface area is 163 Å². The topological polar surface area (TPSA) is 90.4 Å². The van der Waals surface area contributed by atoms with Gasteiger partial charge in [-0.05, 0) is 42.0 Å². The summed E-state index contributed by atoms with van der Waals surface area (Å²) in [5.74, 6) is 3.49. The van der Waals surface area contributed by atoms with Crippen molar-refractivity contribution in [2.24, 2.45) is 0 Å². The lowest BCUT2D eigenvalue weighted by atomic mass is 10.2. The summed E-state index contributed by atoms with van der Waals surface area (Å²) in [5, 5.41) is 14.3. The van der Waals surface area contributed by atoms with E-state index in [0.717, 1.165) is 22.8 Å². The number of aromatic nitrogens is 3. The van der Waals surface area contributed by atoms with Crippen LogP contribution in [0.15, 0.2) is 54.7 Å². The molecule has 28 heavy (non-hydrogen) atoms. The van der Waals surface area contributed by atoms with E-state index >= 15 is 0 Å². The lowest BCUT2D eigenvalue weighted by Crippen LogP contribution is -2.14. The fraction of sp³-hybridized carbons (Fsp3) is 0.250. The van der Waals surface area contributed by atoms with Crippen molar-refractivity contribution in [1.29, 1.82) is 0 Å². The summed E-state index contributed by atoms with van der Waals surface area (Å²) in [7, 11) is 3.28. The molecule has 0 fully saturated rings. The number of anilines is 2. The van der Waals surface area contributed by atoms with Crippen LogP contribution in [0.2, 0.25) is 0 Å². The molecule has 0 spiro atoms. The van der Waals surface area contributed by atoms with Crippen molar-refractivity contribution in [2.75, 3.05) is 38.0 Å². The first kappa shape index (κ1) is 19.2. The molecular formula is C20H23N5O3. The number of nitrogens with zero attached hydrogens (tertiary/aromatic N) is 3. The molecular weight excluding hydrogens is 358 g/mol. The van der Waals surface area contributed by atoms with Crippen LogP contribution in [0.3, 0.4) is 0 Å². The first-order valence-electron chi connectivity index (χ1n) is 8.84. The number of rotatable bonds is 10. The Hall–Kier alpha value is -3.55. The van der Waals surface area contributed by atoms with Gasteiger partial charge in [-0.1, -0.05) is 12.1 Å². The zero-order valence-electron chi connectivity index (χ0n) is 15.9. The number of nitrogens with one attached hydrogen (secondary N) is 2. The molecule has 0 atom stereocenters. The first-order valence-corrected chi connectivity index (χ1v) is 8.84. The SMILES string of the molecule is COc1ccc(CNc2nncc(NCCOc3ccc(OC)cc3)n2)cc1. The highest BCUT2D eigenvalue weighted by Crippen LogP contribution is 2.17. The predicted octanol–water partition coefficient (Wildman–Crippen LogP) is 2.99. The molecule has 2 N–H and O–H groups in total. The average molecular weight is 381 g/mol. The number of ether oxygens (including phenoxy) is 3. The van der Waals surface area contributed by atoms with Crippen molar-refractivity contribution in [3.63, 3.8) is 0 Å². The third-order valence-electron chi connectivity index (χ3n) is 3.90. The van der Waals surface area contributed by atoms with Gasteiger partial charge in [-0.15, -0.1) is 5.10 Å². The van der Waals surface area contributed by atoms with Crippen LogP contribution in [0.5, 0.6) is 17.2 Å². The minimum Gasteiger partial charge on any atom is -0.497 e. The lowest BCUT2D eigenvalue weighted by Gasteiger charge is -2.09. The van der Waals surface area contributed by atoms with Crippen molar-refractivity contribution >= 4 is 11.8 Å². The van der Waals surface area contributed by atoms with Crippen LogP contribution >= 0.6 is 0 Å². The van der Waals surface area contributed by atoms with Gasteiger partial charge in [0.1, 0.15) is 23.9 Å². The molecule has 8 nitrogen and oxygen atoms in total. The minimum absolute atomic E-state index is 0.455. The second-order valence-corrected chi connectivity index (χ2v) is 5.82. The summed E-state index contributed by atoms with van der Waals surface area (Å²) in [6.45, 7) is 1.67. The molecule has 3 rings (SSSR count). The fourth-order valence-electron chi connectivity index (χ4n) is 2.41. The Bertz CT molecular complexity index is 856. The third kappa shape index (κ3) is 5.73. The number of hydrogen-bond donors (Lipinski definition) is 2. The van der Waals surface area contributed by atoms with Gasteiger partial charge in [-0.2, -0.15) is 10.1 Å². The molecule has 0 aliphatic carbocycles. The highest BCUT2D eigenvalue weighted by atomic mass is 16.5. The largest absolute Gasteiger partial charge is 0.497 e. The Morgan fingerprint density at radius 2 is 1.46 bits per heavy atom. The van der Waals surface area contributed by atoms with Crippen molar-refractivity contribution in [3.8, 4) is 17.2 Å². The molecule has 3 aromatic rings. The molecule has 0 unspecified atom stereocenters. The molecule has 1 heterocycles. The van der Waals surface area contributed by atoms with Crippen LogP contribution in [0.4, 0.5) is 11.8 Å². The predicted molar refractivity (Wildman–Crippen MR) is 107 cm³/mol. The molecule has 8 heteroatoms. The van der Waals surface area contributed by atoms with Crippen LogP contribution in [0.25, 0.3) is 0 Å². The summed E-state index contributed by atoms with van der Waals surface area (Å²) >= 11 is 0. The number of methoxy groups -OCH3 is 2. The van der Waals surface area contributed by atoms with E-state index in [1.807, 2.05) is 48.5 Å². The maximum atomic E-state index is 5.67. The summed E-state index contributed by atoms with van der Waals surface area (Å²) in [6.07, 6.45) is 1.58. The van der Waals surface area contributed by atoms with Gasteiger partial charge >= 0.3 is 0 Å². The fourth-order valence-corrected chi connectivity index (χ4v) is 2.41. The Morgan fingerprint density at radius 1 is 0.821 bits per heavy atom. The van der Waals surface area contributed by atoms with Gasteiger partial charge in [0.2, 0.25) is 5.95 Å². The van der Waals surface area contributed by atoms with E-state index in [9.17, 15) is 0 Å². The summed E-state index contributed by atoms with van der Waals surface area (Å²) < 4.78 is 15.9. The summed E-state index contributed by atoms with van der Waals surface area (Å²) in [4.78, 5) is 4.40.